The standard InChI is InChI=1S/C16H24FN3O/c1-2-4-14-11-15(20-19-14)16(21)18-10-3-5-12-6-8-13(17)9-7-12/h6-9,14-15,19-20H,2-5,10-11H2,1H3,(H,18,21). The fourth-order valence-corrected chi connectivity index (χ4v) is 2.61. The lowest BCUT2D eigenvalue weighted by Crippen LogP contribution is -2.43. The number of nitrogens with one attached hydrogen (secondary N) is 3. The smallest absolute Gasteiger partial charge is 0.238 e. The summed E-state index contributed by atoms with van der Waals surface area (Å²) < 4.78 is 12.8. The predicted molar refractivity (Wildman–Crippen MR) is 81.1 cm³/mol. The Labute approximate surface area is 125 Å². The molecular formula is C16H24FN3O. The molecule has 1 aliphatic heterocycles. The minimum Gasteiger partial charge on any atom is -0.355 e. The van der Waals surface area contributed by atoms with E-state index in [0.29, 0.717) is 12.6 Å². The fourth-order valence-electron chi connectivity index (χ4n) is 2.61. The maximum absolute atomic E-state index is 12.8. The van der Waals surface area contributed by atoms with Gasteiger partial charge in [0, 0.05) is 12.6 Å². The molecule has 1 aromatic rings. The average molecular weight is 293 g/mol. The van der Waals surface area contributed by atoms with Crippen molar-refractivity contribution in [2.75, 3.05) is 6.54 Å². The maximum atomic E-state index is 12.8. The van der Waals surface area contributed by atoms with Crippen LogP contribution in [-0.4, -0.2) is 24.5 Å². The van der Waals surface area contributed by atoms with Crippen molar-refractivity contribution in [1.82, 2.24) is 16.2 Å². The lowest BCUT2D eigenvalue weighted by molar-refractivity contribution is -0.122. The van der Waals surface area contributed by atoms with Crippen LogP contribution in [0, 0.1) is 5.82 Å². The minimum absolute atomic E-state index is 0.0557. The quantitative estimate of drug-likeness (QED) is 0.673. The van der Waals surface area contributed by atoms with Crippen LogP contribution >= 0.6 is 0 Å². The van der Waals surface area contributed by atoms with Gasteiger partial charge < -0.3 is 5.32 Å². The van der Waals surface area contributed by atoms with Crippen LogP contribution in [0.15, 0.2) is 24.3 Å². The topological polar surface area (TPSA) is 53.2 Å². The Kier molecular flexibility index (Phi) is 6.14. The fraction of sp³-hybridized carbons (Fsp3) is 0.562. The van der Waals surface area contributed by atoms with Crippen LogP contribution in [0.5, 0.6) is 0 Å². The van der Waals surface area contributed by atoms with Crippen molar-refractivity contribution >= 4 is 5.91 Å². The molecule has 0 aromatic heterocycles. The highest BCUT2D eigenvalue weighted by Crippen LogP contribution is 2.10. The van der Waals surface area contributed by atoms with Gasteiger partial charge in [0.2, 0.25) is 5.91 Å². The summed E-state index contributed by atoms with van der Waals surface area (Å²) in [5.41, 5.74) is 7.31. The van der Waals surface area contributed by atoms with Gasteiger partial charge in [-0.15, -0.1) is 0 Å². The molecule has 116 valence electrons. The van der Waals surface area contributed by atoms with Crippen LogP contribution in [-0.2, 0) is 11.2 Å². The highest BCUT2D eigenvalue weighted by atomic mass is 19.1. The number of aryl methyl sites for hydroxylation is 1. The van der Waals surface area contributed by atoms with Crippen LogP contribution in [0.2, 0.25) is 0 Å². The second kappa shape index (κ2) is 8.10. The predicted octanol–water partition coefficient (Wildman–Crippen LogP) is 1.91. The van der Waals surface area contributed by atoms with E-state index in [9.17, 15) is 9.18 Å². The SMILES string of the molecule is CCCC1CC(C(=O)NCCCc2ccc(F)cc2)NN1. The van der Waals surface area contributed by atoms with Crippen molar-refractivity contribution < 1.29 is 9.18 Å². The third kappa shape index (κ3) is 5.10. The van der Waals surface area contributed by atoms with Gasteiger partial charge in [-0.05, 0) is 43.4 Å². The summed E-state index contributed by atoms with van der Waals surface area (Å²) >= 11 is 0. The molecule has 1 aromatic carbocycles. The number of amides is 1. The summed E-state index contributed by atoms with van der Waals surface area (Å²) in [7, 11) is 0. The van der Waals surface area contributed by atoms with Crippen LogP contribution in [0.1, 0.15) is 38.2 Å². The summed E-state index contributed by atoms with van der Waals surface area (Å²) in [5.74, 6) is -0.159. The molecule has 2 rings (SSSR count). The summed E-state index contributed by atoms with van der Waals surface area (Å²) in [6.45, 7) is 2.79. The first-order valence-corrected chi connectivity index (χ1v) is 7.72. The molecule has 1 aliphatic rings. The van der Waals surface area contributed by atoms with E-state index in [-0.39, 0.29) is 17.8 Å². The molecule has 1 amide bonds. The van der Waals surface area contributed by atoms with E-state index < -0.39 is 0 Å². The van der Waals surface area contributed by atoms with Crippen LogP contribution < -0.4 is 16.2 Å². The van der Waals surface area contributed by atoms with Gasteiger partial charge in [-0.3, -0.25) is 10.2 Å². The molecule has 4 nitrogen and oxygen atoms in total. The third-order valence-corrected chi connectivity index (χ3v) is 3.79. The number of carbonyl (C=O) groups is 1. The van der Waals surface area contributed by atoms with Gasteiger partial charge in [0.1, 0.15) is 11.9 Å². The number of hydrazine groups is 1. The first-order valence-electron chi connectivity index (χ1n) is 7.72. The summed E-state index contributed by atoms with van der Waals surface area (Å²) in [6, 6.07) is 6.77. The largest absolute Gasteiger partial charge is 0.355 e. The molecule has 3 N–H and O–H groups in total. The van der Waals surface area contributed by atoms with Crippen LogP contribution in [0.25, 0.3) is 0 Å². The Hall–Kier alpha value is -1.46. The first-order chi connectivity index (χ1) is 10.2. The van der Waals surface area contributed by atoms with Crippen molar-refractivity contribution in [2.45, 2.75) is 51.1 Å². The van der Waals surface area contributed by atoms with E-state index in [4.69, 9.17) is 0 Å². The molecule has 21 heavy (non-hydrogen) atoms. The molecule has 2 unspecified atom stereocenters. The van der Waals surface area contributed by atoms with E-state index in [2.05, 4.69) is 23.1 Å². The highest BCUT2D eigenvalue weighted by molar-refractivity contribution is 5.81. The molecule has 0 saturated carbocycles. The van der Waals surface area contributed by atoms with Crippen molar-refractivity contribution in [1.29, 1.82) is 0 Å². The Morgan fingerprint density at radius 1 is 1.33 bits per heavy atom. The number of halogens is 1. The molecule has 0 radical (unpaired) electrons. The number of rotatable bonds is 7. The number of carbonyl (C=O) groups excluding carboxylic acids is 1. The van der Waals surface area contributed by atoms with Crippen molar-refractivity contribution in [3.8, 4) is 0 Å². The Balaban J connectivity index is 1.62. The maximum Gasteiger partial charge on any atom is 0.238 e. The first kappa shape index (κ1) is 15.9. The molecule has 1 heterocycles. The average Bonchev–Trinajstić information content (AvgIpc) is 2.94. The minimum atomic E-state index is -0.214. The third-order valence-electron chi connectivity index (χ3n) is 3.79. The van der Waals surface area contributed by atoms with E-state index in [0.717, 1.165) is 37.7 Å². The number of benzene rings is 1. The van der Waals surface area contributed by atoms with E-state index in [1.165, 1.54) is 12.1 Å². The van der Waals surface area contributed by atoms with E-state index in [1.807, 2.05) is 0 Å². The van der Waals surface area contributed by atoms with E-state index in [1.54, 1.807) is 12.1 Å². The summed E-state index contributed by atoms with van der Waals surface area (Å²) in [5, 5.41) is 2.95. The van der Waals surface area contributed by atoms with Crippen LogP contribution in [0.3, 0.4) is 0 Å². The van der Waals surface area contributed by atoms with Gasteiger partial charge in [0.15, 0.2) is 0 Å². The van der Waals surface area contributed by atoms with Crippen molar-refractivity contribution in [2.24, 2.45) is 0 Å². The van der Waals surface area contributed by atoms with Crippen LogP contribution in [0.4, 0.5) is 4.39 Å². The number of hydrogen-bond donors (Lipinski definition) is 3. The molecule has 2 atom stereocenters. The zero-order valence-electron chi connectivity index (χ0n) is 12.5. The Bertz CT molecular complexity index is 449. The van der Waals surface area contributed by atoms with Gasteiger partial charge in [-0.25, -0.2) is 9.82 Å². The van der Waals surface area contributed by atoms with Gasteiger partial charge in [-0.1, -0.05) is 25.5 Å². The molecule has 0 spiro atoms. The van der Waals surface area contributed by atoms with Gasteiger partial charge >= 0.3 is 0 Å². The lowest BCUT2D eigenvalue weighted by Gasteiger charge is -2.10. The normalized spacial score (nSPS) is 21.4. The summed E-state index contributed by atoms with van der Waals surface area (Å²) in [4.78, 5) is 12.0. The lowest BCUT2D eigenvalue weighted by atomic mass is 10.1. The van der Waals surface area contributed by atoms with Gasteiger partial charge in [0.25, 0.3) is 0 Å². The second-order valence-electron chi connectivity index (χ2n) is 5.58. The summed E-state index contributed by atoms with van der Waals surface area (Å²) in [6.07, 6.45) is 4.75. The molecular weight excluding hydrogens is 269 g/mol. The van der Waals surface area contributed by atoms with Gasteiger partial charge in [0.05, 0.1) is 0 Å². The zero-order valence-corrected chi connectivity index (χ0v) is 12.5. The zero-order chi connectivity index (χ0) is 15.1. The molecule has 0 bridgehead atoms. The van der Waals surface area contributed by atoms with Gasteiger partial charge in [-0.2, -0.15) is 0 Å². The monoisotopic (exact) mass is 293 g/mol. The molecule has 1 fully saturated rings. The Morgan fingerprint density at radius 3 is 2.81 bits per heavy atom. The van der Waals surface area contributed by atoms with Crippen molar-refractivity contribution in [3.05, 3.63) is 35.6 Å². The van der Waals surface area contributed by atoms with E-state index >= 15 is 0 Å². The Morgan fingerprint density at radius 2 is 2.10 bits per heavy atom. The highest BCUT2D eigenvalue weighted by Gasteiger charge is 2.28. The molecule has 1 saturated heterocycles. The molecule has 5 heteroatoms. The second-order valence-corrected chi connectivity index (χ2v) is 5.58. The number of hydrogen-bond acceptors (Lipinski definition) is 3. The molecule has 0 aliphatic carbocycles. The van der Waals surface area contributed by atoms with Crippen molar-refractivity contribution in [3.63, 3.8) is 0 Å².